The summed E-state index contributed by atoms with van der Waals surface area (Å²) in [6, 6.07) is 16.8. The molecule has 8 heteroatoms. The van der Waals surface area contributed by atoms with E-state index in [2.05, 4.69) is 20.8 Å². The third-order valence-corrected chi connectivity index (χ3v) is 3.74. The summed E-state index contributed by atoms with van der Waals surface area (Å²) in [4.78, 5) is 12.1. The number of nitrogens with one attached hydrogen (secondary N) is 1. The van der Waals surface area contributed by atoms with Gasteiger partial charge < -0.3 is 10.1 Å². The number of hydrogen-bond donors (Lipinski definition) is 1. The van der Waals surface area contributed by atoms with Gasteiger partial charge in [0.15, 0.2) is 5.82 Å². The zero-order chi connectivity index (χ0) is 17.5. The quantitative estimate of drug-likeness (QED) is 0.701. The zero-order valence-corrected chi connectivity index (χ0v) is 14.1. The van der Waals surface area contributed by atoms with Gasteiger partial charge in [0.05, 0.1) is 5.02 Å². The van der Waals surface area contributed by atoms with E-state index in [9.17, 15) is 4.79 Å². The Balaban J connectivity index is 1.54. The van der Waals surface area contributed by atoms with Crippen LogP contribution in [0.3, 0.4) is 0 Å². The van der Waals surface area contributed by atoms with Crippen LogP contribution >= 0.6 is 11.6 Å². The molecule has 0 aliphatic carbocycles. The maximum absolute atomic E-state index is 12.1. The van der Waals surface area contributed by atoms with Crippen LogP contribution in [0.2, 0.25) is 5.02 Å². The molecule has 7 nitrogen and oxygen atoms in total. The van der Waals surface area contributed by atoms with Gasteiger partial charge in [-0.25, -0.2) is 4.68 Å². The average Bonchev–Trinajstić information content (AvgIpc) is 3.07. The Labute approximate surface area is 149 Å². The summed E-state index contributed by atoms with van der Waals surface area (Å²) < 4.78 is 7.01. The van der Waals surface area contributed by atoms with Crippen LogP contribution in [-0.2, 0) is 24.5 Å². The number of halogens is 1. The van der Waals surface area contributed by atoms with E-state index in [0.717, 1.165) is 5.56 Å². The van der Waals surface area contributed by atoms with Gasteiger partial charge in [0.1, 0.15) is 18.9 Å². The molecular formula is C17H16ClN5O2. The molecule has 1 aromatic heterocycles. The second kappa shape index (κ2) is 8.25. The highest BCUT2D eigenvalue weighted by molar-refractivity contribution is 6.32. The van der Waals surface area contributed by atoms with Crippen molar-refractivity contribution in [3.8, 4) is 5.75 Å². The first-order chi connectivity index (χ1) is 12.2. The fourth-order valence-corrected chi connectivity index (χ4v) is 2.33. The Kier molecular flexibility index (Phi) is 5.58. The van der Waals surface area contributed by atoms with Crippen molar-refractivity contribution in [3.63, 3.8) is 0 Å². The second-order valence-corrected chi connectivity index (χ2v) is 5.64. The fraction of sp³-hybridized carbons (Fsp3) is 0.176. The summed E-state index contributed by atoms with van der Waals surface area (Å²) in [5.41, 5.74) is 1.02. The summed E-state index contributed by atoms with van der Waals surface area (Å²) in [5, 5.41) is 14.6. The molecule has 128 valence electrons. The number of carbonyl (C=O) groups is 1. The van der Waals surface area contributed by atoms with Crippen LogP contribution in [0, 0.1) is 0 Å². The van der Waals surface area contributed by atoms with Gasteiger partial charge in [0, 0.05) is 6.54 Å². The minimum atomic E-state index is -0.185. The highest BCUT2D eigenvalue weighted by Gasteiger charge is 2.12. The molecule has 0 radical (unpaired) electrons. The maximum Gasteiger partial charge on any atom is 0.242 e. The number of tetrazole rings is 1. The van der Waals surface area contributed by atoms with Gasteiger partial charge in [-0.2, -0.15) is 0 Å². The highest BCUT2D eigenvalue weighted by Crippen LogP contribution is 2.23. The van der Waals surface area contributed by atoms with Crippen LogP contribution in [-0.4, -0.2) is 26.1 Å². The molecule has 1 N–H and O–H groups in total. The Bertz CT molecular complexity index is 838. The third kappa shape index (κ3) is 4.77. The Hall–Kier alpha value is -2.93. The van der Waals surface area contributed by atoms with Crippen LogP contribution < -0.4 is 10.1 Å². The van der Waals surface area contributed by atoms with E-state index in [1.54, 1.807) is 12.1 Å². The summed E-state index contributed by atoms with van der Waals surface area (Å²) in [6.07, 6.45) is 0. The van der Waals surface area contributed by atoms with Crippen LogP contribution in [0.15, 0.2) is 54.6 Å². The fourth-order valence-electron chi connectivity index (χ4n) is 2.14. The molecule has 3 rings (SSSR count). The largest absolute Gasteiger partial charge is 0.484 e. The number of amides is 1. The van der Waals surface area contributed by atoms with Crippen molar-refractivity contribution in [2.24, 2.45) is 0 Å². The van der Waals surface area contributed by atoms with Gasteiger partial charge in [-0.05, 0) is 28.1 Å². The van der Waals surface area contributed by atoms with Crippen molar-refractivity contribution in [1.29, 1.82) is 0 Å². The van der Waals surface area contributed by atoms with E-state index < -0.39 is 0 Å². The molecule has 0 fully saturated rings. The van der Waals surface area contributed by atoms with E-state index in [4.69, 9.17) is 16.3 Å². The van der Waals surface area contributed by atoms with Crippen molar-refractivity contribution in [3.05, 3.63) is 71.0 Å². The molecule has 0 bridgehead atoms. The molecule has 2 aromatic carbocycles. The number of aromatic nitrogens is 4. The van der Waals surface area contributed by atoms with Gasteiger partial charge in [-0.3, -0.25) is 4.79 Å². The van der Waals surface area contributed by atoms with Gasteiger partial charge in [0.2, 0.25) is 5.91 Å². The number of rotatable bonds is 7. The lowest BCUT2D eigenvalue weighted by molar-refractivity contribution is -0.122. The first-order valence-electron chi connectivity index (χ1n) is 7.65. The van der Waals surface area contributed by atoms with E-state index in [1.165, 1.54) is 4.68 Å². The summed E-state index contributed by atoms with van der Waals surface area (Å²) >= 11 is 6.04. The molecule has 0 spiro atoms. The summed E-state index contributed by atoms with van der Waals surface area (Å²) in [6.45, 7) is 0.580. The van der Waals surface area contributed by atoms with Crippen LogP contribution in [0.25, 0.3) is 0 Å². The molecule has 3 aromatic rings. The van der Waals surface area contributed by atoms with Gasteiger partial charge in [-0.1, -0.05) is 54.1 Å². The predicted molar refractivity (Wildman–Crippen MR) is 91.9 cm³/mol. The third-order valence-electron chi connectivity index (χ3n) is 3.43. The first kappa shape index (κ1) is 16.9. The highest BCUT2D eigenvalue weighted by atomic mass is 35.5. The average molecular weight is 358 g/mol. The SMILES string of the molecule is O=C(Cn1nnnc1COc1ccccc1Cl)NCc1ccccc1. The second-order valence-electron chi connectivity index (χ2n) is 5.23. The molecule has 0 saturated carbocycles. The van der Waals surface area contributed by atoms with Crippen molar-refractivity contribution in [2.45, 2.75) is 19.7 Å². The van der Waals surface area contributed by atoms with Crippen molar-refractivity contribution >= 4 is 17.5 Å². The minimum Gasteiger partial charge on any atom is -0.484 e. The van der Waals surface area contributed by atoms with Gasteiger partial charge >= 0.3 is 0 Å². The minimum absolute atomic E-state index is 0.0149. The lowest BCUT2D eigenvalue weighted by Crippen LogP contribution is -2.28. The van der Waals surface area contributed by atoms with Gasteiger partial charge in [0.25, 0.3) is 0 Å². The number of benzene rings is 2. The van der Waals surface area contributed by atoms with Crippen molar-refractivity contribution < 1.29 is 9.53 Å². The van der Waals surface area contributed by atoms with E-state index in [1.807, 2.05) is 42.5 Å². The molecule has 1 amide bonds. The normalized spacial score (nSPS) is 10.4. The lowest BCUT2D eigenvalue weighted by Gasteiger charge is -2.09. The summed E-state index contributed by atoms with van der Waals surface area (Å²) in [5.74, 6) is 0.789. The molecule has 25 heavy (non-hydrogen) atoms. The predicted octanol–water partition coefficient (Wildman–Crippen LogP) is 2.22. The Morgan fingerprint density at radius 2 is 1.88 bits per heavy atom. The van der Waals surface area contributed by atoms with Crippen LogP contribution in [0.1, 0.15) is 11.4 Å². The Morgan fingerprint density at radius 3 is 2.68 bits per heavy atom. The van der Waals surface area contributed by atoms with E-state index >= 15 is 0 Å². The Morgan fingerprint density at radius 1 is 1.12 bits per heavy atom. The first-order valence-corrected chi connectivity index (χ1v) is 8.03. The van der Waals surface area contributed by atoms with Crippen molar-refractivity contribution in [2.75, 3.05) is 0 Å². The standard InChI is InChI=1S/C17H16ClN5O2/c18-14-8-4-5-9-15(14)25-12-16-20-21-22-23(16)11-17(24)19-10-13-6-2-1-3-7-13/h1-9H,10-12H2,(H,19,24). The molecule has 0 aliphatic heterocycles. The van der Waals surface area contributed by atoms with Gasteiger partial charge in [-0.15, -0.1) is 5.10 Å². The zero-order valence-electron chi connectivity index (χ0n) is 13.3. The smallest absolute Gasteiger partial charge is 0.242 e. The van der Waals surface area contributed by atoms with Crippen LogP contribution in [0.4, 0.5) is 0 Å². The monoisotopic (exact) mass is 357 g/mol. The molecule has 0 aliphatic rings. The molecule has 1 heterocycles. The number of para-hydroxylation sites is 1. The molecule has 0 unspecified atom stereocenters. The van der Waals surface area contributed by atoms with E-state index in [0.29, 0.717) is 23.1 Å². The van der Waals surface area contributed by atoms with E-state index in [-0.39, 0.29) is 19.1 Å². The number of nitrogens with zero attached hydrogens (tertiary/aromatic N) is 4. The maximum atomic E-state index is 12.1. The number of carbonyl (C=O) groups excluding carboxylic acids is 1. The molecule has 0 atom stereocenters. The molecular weight excluding hydrogens is 342 g/mol. The van der Waals surface area contributed by atoms with Crippen molar-refractivity contribution in [1.82, 2.24) is 25.5 Å². The lowest BCUT2D eigenvalue weighted by atomic mass is 10.2. The van der Waals surface area contributed by atoms with Crippen LogP contribution in [0.5, 0.6) is 5.75 Å². The number of ether oxygens (including phenoxy) is 1. The topological polar surface area (TPSA) is 81.9 Å². The molecule has 0 saturated heterocycles. The number of hydrogen-bond acceptors (Lipinski definition) is 5. The summed E-state index contributed by atoms with van der Waals surface area (Å²) in [7, 11) is 0.